The molecule has 1 aliphatic rings. The molecule has 45 heavy (non-hydrogen) atoms. The first kappa shape index (κ1) is 32.0. The molecule has 0 spiro atoms. The second-order valence-electron chi connectivity index (χ2n) is 11.6. The smallest absolute Gasteiger partial charge is 0.382 e. The van der Waals surface area contributed by atoms with E-state index in [1.165, 1.54) is 18.3 Å². The first-order valence-corrected chi connectivity index (χ1v) is 16.9. The summed E-state index contributed by atoms with van der Waals surface area (Å²) in [5.74, 6) is 5.48. The number of piperazine rings is 1. The number of alkyl halides is 3. The van der Waals surface area contributed by atoms with Gasteiger partial charge in [0.2, 0.25) is 0 Å². The molecule has 1 saturated heterocycles. The Hall–Kier alpha value is -4.37. The molecule has 1 amide bonds. The molecule has 5 rings (SSSR count). The maximum atomic E-state index is 14.1. The molecular formula is C31H33F3N7O3P. The molecule has 236 valence electrons. The topological polar surface area (TPSA) is 140 Å². The van der Waals surface area contributed by atoms with Crippen molar-refractivity contribution in [2.45, 2.75) is 19.6 Å². The minimum Gasteiger partial charge on any atom is -0.382 e. The number of nitrogens with one attached hydrogen (secondary N) is 3. The summed E-state index contributed by atoms with van der Waals surface area (Å²) in [4.78, 5) is 38.2. The number of carbonyl (C=O) groups excluding carboxylic acids is 1. The van der Waals surface area contributed by atoms with E-state index in [0.29, 0.717) is 54.6 Å². The van der Waals surface area contributed by atoms with Crippen LogP contribution in [-0.4, -0.2) is 76.5 Å². The number of hydrogen-bond donors (Lipinski definition) is 4. The molecule has 1 aliphatic heterocycles. The Kier molecular flexibility index (Phi) is 8.94. The number of nitrogens with two attached hydrogens (primary N) is 1. The van der Waals surface area contributed by atoms with Gasteiger partial charge in [-0.2, -0.15) is 13.2 Å². The van der Waals surface area contributed by atoms with Crippen LogP contribution in [0.3, 0.4) is 0 Å². The van der Waals surface area contributed by atoms with E-state index >= 15 is 0 Å². The fourth-order valence-corrected chi connectivity index (χ4v) is 6.48. The predicted octanol–water partition coefficient (Wildman–Crippen LogP) is 4.51. The number of aryl methyl sites for hydroxylation is 1. The highest BCUT2D eigenvalue weighted by molar-refractivity contribution is 7.62. The van der Waals surface area contributed by atoms with Crippen molar-refractivity contribution >= 4 is 35.6 Å². The summed E-state index contributed by atoms with van der Waals surface area (Å²) < 4.78 is 54.5. The second-order valence-corrected chi connectivity index (χ2v) is 15.0. The molecule has 4 aromatic rings. The van der Waals surface area contributed by atoms with Crippen molar-refractivity contribution in [1.82, 2.24) is 24.8 Å². The van der Waals surface area contributed by atoms with Crippen molar-refractivity contribution in [3.8, 4) is 11.8 Å². The zero-order valence-electron chi connectivity index (χ0n) is 25.0. The minimum atomic E-state index is -4.62. The summed E-state index contributed by atoms with van der Waals surface area (Å²) in [7, 11) is -2.22. The highest BCUT2D eigenvalue weighted by Gasteiger charge is 2.34. The third-order valence-corrected chi connectivity index (χ3v) is 8.57. The van der Waals surface area contributed by atoms with Crippen LogP contribution in [0.2, 0.25) is 0 Å². The summed E-state index contributed by atoms with van der Waals surface area (Å²) in [6.07, 6.45) is -2.69. The Balaban J connectivity index is 1.32. The first-order valence-electron chi connectivity index (χ1n) is 14.2. The van der Waals surface area contributed by atoms with E-state index in [-0.39, 0.29) is 29.2 Å². The van der Waals surface area contributed by atoms with Crippen molar-refractivity contribution in [3.63, 3.8) is 0 Å². The minimum absolute atomic E-state index is 0.0162. The predicted molar refractivity (Wildman–Crippen MR) is 169 cm³/mol. The fraction of sp³-hybridized carbons (Fsp3) is 0.323. The van der Waals surface area contributed by atoms with Crippen LogP contribution >= 0.6 is 7.14 Å². The number of carbonyl (C=O) groups is 1. The van der Waals surface area contributed by atoms with Gasteiger partial charge < -0.3 is 25.6 Å². The quantitative estimate of drug-likeness (QED) is 0.180. The summed E-state index contributed by atoms with van der Waals surface area (Å²) in [6.45, 7) is 7.78. The maximum Gasteiger partial charge on any atom is 0.416 e. The molecule has 2 aromatic carbocycles. The molecule has 1 fully saturated rings. The van der Waals surface area contributed by atoms with Gasteiger partial charge in [-0.25, -0.2) is 9.78 Å². The zero-order chi connectivity index (χ0) is 32.5. The molecule has 0 saturated carbocycles. The number of fused-ring (bicyclic) bond motifs is 1. The van der Waals surface area contributed by atoms with Crippen LogP contribution in [0.25, 0.3) is 11.0 Å². The van der Waals surface area contributed by atoms with Crippen LogP contribution in [0.4, 0.5) is 24.7 Å². The lowest BCUT2D eigenvalue weighted by atomic mass is 10.0. The molecule has 3 heterocycles. The number of rotatable bonds is 6. The Bertz CT molecular complexity index is 1930. The van der Waals surface area contributed by atoms with Crippen LogP contribution < -0.4 is 16.7 Å². The zero-order valence-corrected chi connectivity index (χ0v) is 25.9. The Morgan fingerprint density at radius 1 is 1.02 bits per heavy atom. The van der Waals surface area contributed by atoms with Gasteiger partial charge >= 0.3 is 11.9 Å². The maximum absolute atomic E-state index is 14.1. The van der Waals surface area contributed by atoms with Crippen LogP contribution in [0.15, 0.2) is 47.4 Å². The van der Waals surface area contributed by atoms with Crippen LogP contribution in [0.1, 0.15) is 38.2 Å². The SMILES string of the molecule is Cc1ccc(C(=O)Nc2ccc(CN3CCN(CP(C)(C)=O)CC3)c(C(F)(F)F)c2)cc1C#Cc1cnc(N)c2[nH]c(=O)[nH]c12. The third-order valence-electron chi connectivity index (χ3n) is 7.49. The van der Waals surface area contributed by atoms with Gasteiger partial charge in [0.25, 0.3) is 5.91 Å². The Morgan fingerprint density at radius 2 is 1.69 bits per heavy atom. The summed E-state index contributed by atoms with van der Waals surface area (Å²) in [5.41, 5.74) is 7.34. The molecule has 0 radical (unpaired) electrons. The largest absolute Gasteiger partial charge is 0.416 e. The van der Waals surface area contributed by atoms with Crippen molar-refractivity contribution in [1.29, 1.82) is 0 Å². The number of hydrogen-bond acceptors (Lipinski definition) is 7. The van der Waals surface area contributed by atoms with Crippen LogP contribution in [0, 0.1) is 18.8 Å². The van der Waals surface area contributed by atoms with E-state index in [1.54, 1.807) is 38.5 Å². The highest BCUT2D eigenvalue weighted by atomic mass is 31.2. The summed E-state index contributed by atoms with van der Waals surface area (Å²) in [5, 5.41) is 2.58. The standard InChI is InChI=1S/C31H33F3N7O3P/c1-19-4-5-21(14-20(19)6-7-22-16-36-28(35)27-26(22)38-30(43)39-27)29(42)37-24-9-8-23(25(15-24)31(32,33)34)17-40-10-12-41(13-11-40)18-45(2,3)44/h4-5,8-9,14-16H,10-13,17-18H2,1-3H3,(H2,35,36)(H,37,42)(H2,38,39,43). The van der Waals surface area contributed by atoms with Gasteiger partial charge in [-0.15, -0.1) is 0 Å². The van der Waals surface area contributed by atoms with Gasteiger partial charge in [0, 0.05) is 55.7 Å². The van der Waals surface area contributed by atoms with Crippen LogP contribution in [0.5, 0.6) is 0 Å². The average Bonchev–Trinajstić information content (AvgIpc) is 3.36. The number of aromatic amines is 2. The fourth-order valence-electron chi connectivity index (χ4n) is 5.24. The van der Waals surface area contributed by atoms with E-state index in [1.807, 2.05) is 4.90 Å². The van der Waals surface area contributed by atoms with Gasteiger partial charge in [0.15, 0.2) is 0 Å². The van der Waals surface area contributed by atoms with Gasteiger partial charge in [-0.3, -0.25) is 14.6 Å². The highest BCUT2D eigenvalue weighted by Crippen LogP contribution is 2.37. The van der Waals surface area contributed by atoms with Gasteiger partial charge in [-0.05, 0) is 55.6 Å². The molecule has 2 aromatic heterocycles. The molecule has 14 heteroatoms. The number of nitrogens with zero attached hydrogens (tertiary/aromatic N) is 3. The van der Waals surface area contributed by atoms with Crippen molar-refractivity contribution in [3.05, 3.63) is 86.5 Å². The van der Waals surface area contributed by atoms with Crippen LogP contribution in [-0.2, 0) is 17.3 Å². The number of imidazole rings is 1. The van der Waals surface area contributed by atoms with Gasteiger partial charge in [-0.1, -0.05) is 24.0 Å². The van der Waals surface area contributed by atoms with E-state index in [4.69, 9.17) is 5.73 Å². The molecule has 0 bridgehead atoms. The molecule has 10 nitrogen and oxygen atoms in total. The number of nitrogen functional groups attached to an aromatic ring is 1. The Morgan fingerprint density at radius 3 is 2.38 bits per heavy atom. The number of halogens is 3. The lowest BCUT2D eigenvalue weighted by Crippen LogP contribution is -2.46. The average molecular weight is 640 g/mol. The second kappa shape index (κ2) is 12.6. The number of amides is 1. The molecule has 0 atom stereocenters. The molecule has 5 N–H and O–H groups in total. The Labute approximate surface area is 257 Å². The normalized spacial score (nSPS) is 14.7. The van der Waals surface area contributed by atoms with Gasteiger partial charge in [0.05, 0.1) is 30.1 Å². The number of anilines is 2. The van der Waals surface area contributed by atoms with Crippen molar-refractivity contribution in [2.24, 2.45) is 0 Å². The number of aromatic nitrogens is 3. The van der Waals surface area contributed by atoms with E-state index in [9.17, 15) is 27.3 Å². The monoisotopic (exact) mass is 639 g/mol. The lowest BCUT2D eigenvalue weighted by molar-refractivity contribution is -0.138. The van der Waals surface area contributed by atoms with Crippen molar-refractivity contribution in [2.75, 3.05) is 56.8 Å². The number of H-pyrrole nitrogens is 2. The number of pyridine rings is 1. The number of benzene rings is 2. The molecule has 0 aliphatic carbocycles. The lowest BCUT2D eigenvalue weighted by Gasteiger charge is -2.35. The summed E-state index contributed by atoms with van der Waals surface area (Å²) in [6, 6.07) is 8.63. The van der Waals surface area contributed by atoms with Gasteiger partial charge in [0.1, 0.15) is 11.3 Å². The van der Waals surface area contributed by atoms with E-state index in [0.717, 1.165) is 11.6 Å². The van der Waals surface area contributed by atoms with E-state index < -0.39 is 30.5 Å². The first-order chi connectivity index (χ1) is 21.2. The van der Waals surface area contributed by atoms with E-state index in [2.05, 4.69) is 37.0 Å². The molecule has 0 unspecified atom stereocenters. The third kappa shape index (κ3) is 7.84. The summed E-state index contributed by atoms with van der Waals surface area (Å²) >= 11 is 0. The van der Waals surface area contributed by atoms with Crippen molar-refractivity contribution < 1.29 is 22.5 Å². The molecular weight excluding hydrogens is 606 g/mol.